The van der Waals surface area contributed by atoms with E-state index in [-0.39, 0.29) is 39.8 Å². The maximum Gasteiger partial charge on any atom is 0.311 e. The van der Waals surface area contributed by atoms with Crippen molar-refractivity contribution in [3.05, 3.63) is 64.1 Å². The van der Waals surface area contributed by atoms with Gasteiger partial charge in [-0.3, -0.25) is 9.59 Å². The first-order valence-electron chi connectivity index (χ1n) is 10.5. The monoisotopic (exact) mass is 587 g/mol. The van der Waals surface area contributed by atoms with E-state index in [1.165, 1.54) is 14.2 Å². The van der Waals surface area contributed by atoms with Gasteiger partial charge in [-0.2, -0.15) is 0 Å². The molecule has 2 fully saturated rings. The van der Waals surface area contributed by atoms with Crippen molar-refractivity contribution in [1.82, 2.24) is 0 Å². The molecule has 1 saturated heterocycles. The van der Waals surface area contributed by atoms with Crippen LogP contribution < -0.4 is 4.90 Å². The SMILES string of the molecule is COC(=O)[C@H]1[C@H]2[C@H]([C@H](I)CC[C@@H]2C(=O)OC)N(c2ccc(Cl)cc2)[C@H]1c1ccc(Cl)cc1. The summed E-state index contributed by atoms with van der Waals surface area (Å²) in [5, 5.41) is 1.26. The maximum absolute atomic E-state index is 13.3. The van der Waals surface area contributed by atoms with Crippen molar-refractivity contribution in [2.45, 2.75) is 28.8 Å². The van der Waals surface area contributed by atoms with E-state index in [1.807, 2.05) is 48.5 Å². The number of esters is 2. The van der Waals surface area contributed by atoms with Gasteiger partial charge in [0.25, 0.3) is 0 Å². The molecular weight excluding hydrogens is 564 g/mol. The molecule has 0 amide bonds. The molecule has 0 spiro atoms. The van der Waals surface area contributed by atoms with Gasteiger partial charge in [-0.15, -0.1) is 0 Å². The van der Waals surface area contributed by atoms with Gasteiger partial charge in [-0.05, 0) is 54.8 Å². The van der Waals surface area contributed by atoms with E-state index in [0.29, 0.717) is 16.5 Å². The van der Waals surface area contributed by atoms with Crippen LogP contribution in [0.25, 0.3) is 0 Å². The molecule has 0 N–H and O–H groups in total. The number of carbonyl (C=O) groups is 2. The van der Waals surface area contributed by atoms with Gasteiger partial charge in [0.15, 0.2) is 0 Å². The van der Waals surface area contributed by atoms with Crippen molar-refractivity contribution in [3.8, 4) is 0 Å². The highest BCUT2D eigenvalue weighted by Crippen LogP contribution is 2.56. The molecule has 2 aromatic carbocycles. The molecule has 1 aliphatic heterocycles. The van der Waals surface area contributed by atoms with Gasteiger partial charge in [-0.1, -0.05) is 57.9 Å². The largest absolute Gasteiger partial charge is 0.469 e. The minimum atomic E-state index is -0.538. The number of methoxy groups -OCH3 is 2. The summed E-state index contributed by atoms with van der Waals surface area (Å²) in [7, 11) is 2.81. The second-order valence-corrected chi connectivity index (χ2v) is 10.7. The van der Waals surface area contributed by atoms with Crippen LogP contribution in [0.3, 0.4) is 0 Å². The molecule has 8 heteroatoms. The molecule has 0 bridgehead atoms. The van der Waals surface area contributed by atoms with Crippen molar-refractivity contribution in [1.29, 1.82) is 0 Å². The predicted octanol–water partition coefficient (Wildman–Crippen LogP) is 5.72. The number of alkyl halides is 1. The topological polar surface area (TPSA) is 55.8 Å². The van der Waals surface area contributed by atoms with Gasteiger partial charge in [-0.25, -0.2) is 0 Å². The van der Waals surface area contributed by atoms with Crippen LogP contribution in [0, 0.1) is 17.8 Å². The number of benzene rings is 2. The van der Waals surface area contributed by atoms with Crippen LogP contribution in [0.2, 0.25) is 10.0 Å². The average molecular weight is 588 g/mol. The molecule has 1 saturated carbocycles. The predicted molar refractivity (Wildman–Crippen MR) is 133 cm³/mol. The van der Waals surface area contributed by atoms with Crippen LogP contribution in [-0.4, -0.2) is 36.1 Å². The Morgan fingerprint density at radius 2 is 1.47 bits per heavy atom. The summed E-state index contributed by atoms with van der Waals surface area (Å²) in [5.74, 6) is -1.77. The van der Waals surface area contributed by atoms with Crippen LogP contribution in [-0.2, 0) is 19.1 Å². The van der Waals surface area contributed by atoms with Crippen LogP contribution in [0.1, 0.15) is 24.4 Å². The standard InChI is InChI=1S/C24H24Cl2INO4/c1-31-23(29)17-11-12-18(27)22-19(17)20(24(30)32-2)21(13-3-5-14(25)6-4-13)28(22)16-9-7-15(26)8-10-16/h3-10,17-22H,11-12H2,1-2H3/t17-,18+,19-,20-,21-,22-/m0/s1. The molecule has 2 aliphatic rings. The Morgan fingerprint density at radius 1 is 0.906 bits per heavy atom. The molecule has 2 aromatic rings. The fourth-order valence-electron chi connectivity index (χ4n) is 5.39. The average Bonchev–Trinajstić information content (AvgIpc) is 3.16. The van der Waals surface area contributed by atoms with E-state index in [9.17, 15) is 9.59 Å². The van der Waals surface area contributed by atoms with E-state index in [0.717, 1.165) is 17.7 Å². The van der Waals surface area contributed by atoms with Crippen LogP contribution >= 0.6 is 45.8 Å². The zero-order valence-electron chi connectivity index (χ0n) is 17.7. The van der Waals surface area contributed by atoms with Crippen LogP contribution in [0.15, 0.2) is 48.5 Å². The van der Waals surface area contributed by atoms with Crippen LogP contribution in [0.5, 0.6) is 0 Å². The molecule has 0 unspecified atom stereocenters. The Hall–Kier alpha value is -1.51. The first-order chi connectivity index (χ1) is 15.4. The Kier molecular flexibility index (Phi) is 7.22. The first kappa shape index (κ1) is 23.6. The Morgan fingerprint density at radius 3 is 2.03 bits per heavy atom. The molecule has 0 aromatic heterocycles. The molecule has 5 nitrogen and oxygen atoms in total. The first-order valence-corrected chi connectivity index (χ1v) is 12.5. The van der Waals surface area contributed by atoms with Crippen molar-refractivity contribution >= 4 is 63.4 Å². The summed E-state index contributed by atoms with van der Waals surface area (Å²) < 4.78 is 10.7. The van der Waals surface area contributed by atoms with Crippen LogP contribution in [0.4, 0.5) is 5.69 Å². The lowest BCUT2D eigenvalue weighted by Crippen LogP contribution is -2.48. The van der Waals surface area contributed by atoms with Crippen molar-refractivity contribution < 1.29 is 19.1 Å². The lowest BCUT2D eigenvalue weighted by Gasteiger charge is -2.41. The van der Waals surface area contributed by atoms with E-state index in [2.05, 4.69) is 27.5 Å². The molecule has 0 radical (unpaired) electrons. The highest BCUT2D eigenvalue weighted by molar-refractivity contribution is 14.1. The molecular formula is C24H24Cl2INO4. The third-order valence-corrected chi connectivity index (χ3v) is 8.54. The van der Waals surface area contributed by atoms with Crippen molar-refractivity contribution in [3.63, 3.8) is 0 Å². The number of fused-ring (bicyclic) bond motifs is 1. The second kappa shape index (κ2) is 9.77. The second-order valence-electron chi connectivity index (χ2n) is 8.22. The van der Waals surface area contributed by atoms with E-state index < -0.39 is 5.92 Å². The normalized spacial score (nSPS) is 29.3. The quantitative estimate of drug-likeness (QED) is 0.260. The van der Waals surface area contributed by atoms with Crippen molar-refractivity contribution in [2.75, 3.05) is 19.1 Å². The minimum absolute atomic E-state index is 0.0561. The van der Waals surface area contributed by atoms with Gasteiger partial charge in [0.2, 0.25) is 0 Å². The summed E-state index contributed by atoms with van der Waals surface area (Å²) in [6.45, 7) is 0. The number of hydrogen-bond donors (Lipinski definition) is 0. The summed E-state index contributed by atoms with van der Waals surface area (Å²) in [5.41, 5.74) is 1.89. The number of carbonyl (C=O) groups excluding carboxylic acids is 2. The summed E-state index contributed by atoms with van der Waals surface area (Å²) in [4.78, 5) is 28.4. The fraction of sp³-hybridized carbons (Fsp3) is 0.417. The molecule has 4 rings (SSSR count). The van der Waals surface area contributed by atoms with Gasteiger partial charge in [0.05, 0.1) is 32.1 Å². The van der Waals surface area contributed by atoms with Gasteiger partial charge in [0, 0.05) is 31.6 Å². The molecule has 1 heterocycles. The Labute approximate surface area is 211 Å². The fourth-order valence-corrected chi connectivity index (χ4v) is 6.83. The Balaban J connectivity index is 1.93. The van der Waals surface area contributed by atoms with E-state index in [4.69, 9.17) is 32.7 Å². The number of halogens is 3. The number of anilines is 1. The van der Waals surface area contributed by atoms with E-state index in [1.54, 1.807) is 0 Å². The molecule has 170 valence electrons. The van der Waals surface area contributed by atoms with Gasteiger partial charge < -0.3 is 14.4 Å². The zero-order valence-corrected chi connectivity index (χ0v) is 21.4. The minimum Gasteiger partial charge on any atom is -0.469 e. The van der Waals surface area contributed by atoms with E-state index >= 15 is 0 Å². The van der Waals surface area contributed by atoms with Gasteiger partial charge in [0.1, 0.15) is 0 Å². The molecule has 32 heavy (non-hydrogen) atoms. The number of ether oxygens (including phenoxy) is 2. The highest BCUT2D eigenvalue weighted by Gasteiger charge is 2.60. The lowest BCUT2D eigenvalue weighted by atomic mass is 9.70. The smallest absolute Gasteiger partial charge is 0.311 e. The number of nitrogens with zero attached hydrogens (tertiary/aromatic N) is 1. The third-order valence-electron chi connectivity index (χ3n) is 6.67. The Bertz CT molecular complexity index is 984. The zero-order chi connectivity index (χ0) is 23.0. The van der Waals surface area contributed by atoms with Gasteiger partial charge >= 0.3 is 11.9 Å². The lowest BCUT2D eigenvalue weighted by molar-refractivity contribution is -0.154. The van der Waals surface area contributed by atoms with Crippen molar-refractivity contribution in [2.24, 2.45) is 17.8 Å². The highest BCUT2D eigenvalue weighted by atomic mass is 127. The number of rotatable bonds is 4. The maximum atomic E-state index is 13.3. The third kappa shape index (κ3) is 4.21. The number of hydrogen-bond acceptors (Lipinski definition) is 5. The molecule has 1 aliphatic carbocycles. The molecule has 6 atom stereocenters. The summed E-state index contributed by atoms with van der Waals surface area (Å²) in [6, 6.07) is 14.8. The summed E-state index contributed by atoms with van der Waals surface area (Å²) in [6.07, 6.45) is 1.53. The summed E-state index contributed by atoms with van der Waals surface area (Å²) >= 11 is 14.8.